The second-order valence-corrected chi connectivity index (χ2v) is 5.66. The third-order valence-corrected chi connectivity index (χ3v) is 3.50. The number of amides is 3. The first-order valence-corrected chi connectivity index (χ1v) is 8.76. The van der Waals surface area contributed by atoms with Gasteiger partial charge in [-0.3, -0.25) is 10.1 Å². The lowest BCUT2D eigenvalue weighted by Crippen LogP contribution is -2.41. The standard InChI is InChI=1S/C21H22N2O5/c1-2-27-18-11-8-16(9-12-18)10-13-20(25)28-15-19(24)23-21(26)22-14-17-6-4-3-5-7-17/h3-13H,2,14-15H2,1H3,(H2,22,23,24,26). The summed E-state index contributed by atoms with van der Waals surface area (Å²) in [5, 5.41) is 4.64. The molecule has 0 aromatic heterocycles. The Morgan fingerprint density at radius 2 is 1.71 bits per heavy atom. The molecule has 0 heterocycles. The zero-order valence-corrected chi connectivity index (χ0v) is 15.5. The van der Waals surface area contributed by atoms with Gasteiger partial charge in [0, 0.05) is 12.6 Å². The van der Waals surface area contributed by atoms with E-state index in [1.165, 1.54) is 6.08 Å². The average molecular weight is 382 g/mol. The highest BCUT2D eigenvalue weighted by Gasteiger charge is 2.09. The Morgan fingerprint density at radius 3 is 2.39 bits per heavy atom. The van der Waals surface area contributed by atoms with E-state index in [4.69, 9.17) is 9.47 Å². The minimum atomic E-state index is -0.714. The Morgan fingerprint density at radius 1 is 1.00 bits per heavy atom. The van der Waals surface area contributed by atoms with Crippen molar-refractivity contribution in [2.24, 2.45) is 0 Å². The van der Waals surface area contributed by atoms with E-state index in [-0.39, 0.29) is 6.54 Å². The summed E-state index contributed by atoms with van der Waals surface area (Å²) in [7, 11) is 0. The van der Waals surface area contributed by atoms with Gasteiger partial charge in [0.1, 0.15) is 5.75 Å². The summed E-state index contributed by atoms with van der Waals surface area (Å²) in [5.74, 6) is -0.661. The molecule has 2 N–H and O–H groups in total. The first kappa shape index (κ1) is 20.7. The quantitative estimate of drug-likeness (QED) is 0.541. The molecule has 0 spiro atoms. The molecule has 0 aliphatic heterocycles. The fourth-order valence-electron chi connectivity index (χ4n) is 2.18. The van der Waals surface area contributed by atoms with Crippen molar-refractivity contribution in [2.45, 2.75) is 13.5 Å². The molecule has 0 fully saturated rings. The van der Waals surface area contributed by atoms with Gasteiger partial charge in [-0.05, 0) is 36.3 Å². The van der Waals surface area contributed by atoms with E-state index in [2.05, 4.69) is 10.6 Å². The van der Waals surface area contributed by atoms with Crippen molar-refractivity contribution in [3.8, 4) is 5.75 Å². The largest absolute Gasteiger partial charge is 0.494 e. The summed E-state index contributed by atoms with van der Waals surface area (Å²) in [6, 6.07) is 15.8. The van der Waals surface area contributed by atoms with Crippen molar-refractivity contribution in [2.75, 3.05) is 13.2 Å². The minimum absolute atomic E-state index is 0.282. The maximum atomic E-state index is 11.7. The van der Waals surface area contributed by atoms with Gasteiger partial charge >= 0.3 is 12.0 Å². The van der Waals surface area contributed by atoms with Crippen LogP contribution in [0.4, 0.5) is 4.79 Å². The smallest absolute Gasteiger partial charge is 0.331 e. The number of benzene rings is 2. The Labute approximate surface area is 163 Å². The van der Waals surface area contributed by atoms with E-state index in [9.17, 15) is 14.4 Å². The Bertz CT molecular complexity index is 816. The number of carbonyl (C=O) groups is 3. The Balaban J connectivity index is 1.68. The average Bonchev–Trinajstić information content (AvgIpc) is 2.71. The third-order valence-electron chi connectivity index (χ3n) is 3.50. The van der Waals surface area contributed by atoms with E-state index >= 15 is 0 Å². The van der Waals surface area contributed by atoms with Crippen LogP contribution in [0.5, 0.6) is 5.75 Å². The van der Waals surface area contributed by atoms with Crippen molar-refractivity contribution in [1.29, 1.82) is 0 Å². The molecule has 0 saturated heterocycles. The van der Waals surface area contributed by atoms with E-state index in [0.29, 0.717) is 6.61 Å². The topological polar surface area (TPSA) is 93.7 Å². The monoisotopic (exact) mass is 382 g/mol. The van der Waals surface area contributed by atoms with Crippen molar-refractivity contribution in [3.63, 3.8) is 0 Å². The first-order chi connectivity index (χ1) is 13.6. The van der Waals surface area contributed by atoms with Crippen LogP contribution in [0.1, 0.15) is 18.1 Å². The molecule has 2 aromatic rings. The lowest BCUT2D eigenvalue weighted by molar-refractivity contribution is -0.143. The van der Waals surface area contributed by atoms with Gasteiger partial charge in [-0.1, -0.05) is 42.5 Å². The van der Waals surface area contributed by atoms with Crippen LogP contribution in [0.25, 0.3) is 6.08 Å². The highest BCUT2D eigenvalue weighted by Crippen LogP contribution is 2.13. The van der Waals surface area contributed by atoms with Crippen molar-refractivity contribution >= 4 is 24.0 Å². The molecular weight excluding hydrogens is 360 g/mol. The predicted octanol–water partition coefficient (Wildman–Crippen LogP) is 2.67. The molecule has 0 radical (unpaired) electrons. The molecule has 0 saturated carbocycles. The van der Waals surface area contributed by atoms with Gasteiger partial charge in [0.15, 0.2) is 6.61 Å². The van der Waals surface area contributed by atoms with Crippen LogP contribution >= 0.6 is 0 Å². The van der Waals surface area contributed by atoms with Gasteiger partial charge in [-0.2, -0.15) is 0 Å². The Hall–Kier alpha value is -3.61. The second kappa shape index (κ2) is 11.2. The van der Waals surface area contributed by atoms with Crippen LogP contribution in [0.2, 0.25) is 0 Å². The normalized spacial score (nSPS) is 10.3. The van der Waals surface area contributed by atoms with E-state index in [0.717, 1.165) is 16.9 Å². The number of carbonyl (C=O) groups excluding carboxylic acids is 3. The van der Waals surface area contributed by atoms with Gasteiger partial charge in [-0.25, -0.2) is 9.59 Å². The molecule has 2 aromatic carbocycles. The molecule has 28 heavy (non-hydrogen) atoms. The summed E-state index contributed by atoms with van der Waals surface area (Å²) in [4.78, 5) is 35.0. The number of nitrogens with one attached hydrogen (secondary N) is 2. The molecule has 3 amide bonds. The summed E-state index contributed by atoms with van der Waals surface area (Å²) in [6.07, 6.45) is 2.76. The van der Waals surface area contributed by atoms with E-state index in [1.807, 2.05) is 37.3 Å². The van der Waals surface area contributed by atoms with Gasteiger partial charge in [0.2, 0.25) is 0 Å². The van der Waals surface area contributed by atoms with Crippen LogP contribution in [-0.4, -0.2) is 31.1 Å². The summed E-state index contributed by atoms with van der Waals surface area (Å²) < 4.78 is 10.1. The fourth-order valence-corrected chi connectivity index (χ4v) is 2.18. The number of rotatable bonds is 8. The number of imide groups is 1. The lowest BCUT2D eigenvalue weighted by Gasteiger charge is -2.07. The van der Waals surface area contributed by atoms with Crippen LogP contribution in [0.3, 0.4) is 0 Å². The zero-order chi connectivity index (χ0) is 20.2. The van der Waals surface area contributed by atoms with E-state index < -0.39 is 24.5 Å². The van der Waals surface area contributed by atoms with Gasteiger partial charge in [-0.15, -0.1) is 0 Å². The van der Waals surface area contributed by atoms with Crippen molar-refractivity contribution in [1.82, 2.24) is 10.6 Å². The maximum Gasteiger partial charge on any atom is 0.331 e. The summed E-state index contributed by atoms with van der Waals surface area (Å²) in [5.41, 5.74) is 1.68. The Kier molecular flexibility index (Phi) is 8.26. The molecule has 7 nitrogen and oxygen atoms in total. The lowest BCUT2D eigenvalue weighted by atomic mass is 10.2. The van der Waals surface area contributed by atoms with Crippen molar-refractivity contribution in [3.05, 3.63) is 71.8 Å². The van der Waals surface area contributed by atoms with Crippen LogP contribution < -0.4 is 15.4 Å². The van der Waals surface area contributed by atoms with Gasteiger partial charge in [0.25, 0.3) is 5.91 Å². The number of urea groups is 1. The molecule has 0 bridgehead atoms. The SMILES string of the molecule is CCOc1ccc(C=CC(=O)OCC(=O)NC(=O)NCc2ccccc2)cc1. The minimum Gasteiger partial charge on any atom is -0.494 e. The molecule has 0 aliphatic rings. The second-order valence-electron chi connectivity index (χ2n) is 5.66. The summed E-state index contributed by atoms with van der Waals surface area (Å²) in [6.45, 7) is 2.20. The van der Waals surface area contributed by atoms with Gasteiger partial charge < -0.3 is 14.8 Å². The van der Waals surface area contributed by atoms with E-state index in [1.54, 1.807) is 30.3 Å². The number of ether oxygens (including phenoxy) is 2. The predicted molar refractivity (Wildman–Crippen MR) is 104 cm³/mol. The zero-order valence-electron chi connectivity index (χ0n) is 15.5. The third kappa shape index (κ3) is 7.74. The number of hydrogen-bond donors (Lipinski definition) is 2. The summed E-state index contributed by atoms with van der Waals surface area (Å²) >= 11 is 0. The molecule has 0 unspecified atom stereocenters. The number of esters is 1. The first-order valence-electron chi connectivity index (χ1n) is 8.76. The maximum absolute atomic E-state index is 11.7. The molecule has 2 rings (SSSR count). The van der Waals surface area contributed by atoms with Crippen molar-refractivity contribution < 1.29 is 23.9 Å². The molecular formula is C21H22N2O5. The highest BCUT2D eigenvalue weighted by molar-refractivity contribution is 5.96. The van der Waals surface area contributed by atoms with Crippen LogP contribution in [0.15, 0.2) is 60.7 Å². The fraction of sp³-hybridized carbons (Fsp3) is 0.190. The highest BCUT2D eigenvalue weighted by atomic mass is 16.5. The molecule has 0 aliphatic carbocycles. The number of hydrogen-bond acceptors (Lipinski definition) is 5. The van der Waals surface area contributed by atoms with Crippen LogP contribution in [0, 0.1) is 0 Å². The van der Waals surface area contributed by atoms with Gasteiger partial charge in [0.05, 0.1) is 6.61 Å². The molecule has 0 atom stereocenters. The molecule has 146 valence electrons. The molecule has 7 heteroatoms. The van der Waals surface area contributed by atoms with Crippen LogP contribution in [-0.2, 0) is 20.9 Å².